The molecule has 0 saturated heterocycles. The third kappa shape index (κ3) is 3.67. The van der Waals surface area contributed by atoms with Crippen LogP contribution >= 0.6 is 0 Å². The van der Waals surface area contributed by atoms with Gasteiger partial charge in [0.2, 0.25) is 0 Å². The van der Waals surface area contributed by atoms with Crippen molar-refractivity contribution in [3.05, 3.63) is 106 Å². The zero-order chi connectivity index (χ0) is 20.4. The second-order valence-electron chi connectivity index (χ2n) is 7.08. The molecule has 0 fully saturated rings. The van der Waals surface area contributed by atoms with Crippen molar-refractivity contribution in [3.63, 3.8) is 0 Å². The minimum absolute atomic E-state index is 0.172. The molecule has 29 heavy (non-hydrogen) atoms. The maximum atomic E-state index is 13.3. The maximum absolute atomic E-state index is 13.3. The van der Waals surface area contributed by atoms with Gasteiger partial charge in [-0.2, -0.15) is 0 Å². The summed E-state index contributed by atoms with van der Waals surface area (Å²) in [5.41, 5.74) is 4.44. The standard InChI is InChI=1S/C24H21N3O2/c1-16-6-3-4-9-21(16)27(24(29)18-10-12-25-13-11-18)15-20-14-19-8-5-7-17(2)22(19)26-23(20)28/h3-14H,15H2,1-2H3,(H,26,28). The van der Waals surface area contributed by atoms with Gasteiger partial charge in [0.1, 0.15) is 0 Å². The molecule has 2 aromatic carbocycles. The number of carbonyl (C=O) groups excluding carboxylic acids is 1. The van der Waals surface area contributed by atoms with Crippen LogP contribution in [0.2, 0.25) is 0 Å². The Morgan fingerprint density at radius 3 is 2.45 bits per heavy atom. The number of nitrogens with zero attached hydrogens (tertiary/aromatic N) is 2. The number of hydrogen-bond acceptors (Lipinski definition) is 3. The molecule has 0 saturated carbocycles. The van der Waals surface area contributed by atoms with Crippen molar-refractivity contribution < 1.29 is 4.79 Å². The van der Waals surface area contributed by atoms with E-state index >= 15 is 0 Å². The quantitative estimate of drug-likeness (QED) is 0.568. The molecule has 2 aromatic heterocycles. The molecule has 1 N–H and O–H groups in total. The summed E-state index contributed by atoms with van der Waals surface area (Å²) in [4.78, 5) is 34.7. The Kier molecular flexibility index (Phi) is 4.96. The van der Waals surface area contributed by atoms with Crippen molar-refractivity contribution >= 4 is 22.5 Å². The molecule has 4 aromatic rings. The zero-order valence-electron chi connectivity index (χ0n) is 16.3. The summed E-state index contributed by atoms with van der Waals surface area (Å²) in [5.74, 6) is -0.176. The third-order valence-electron chi connectivity index (χ3n) is 5.07. The van der Waals surface area contributed by atoms with E-state index in [1.165, 1.54) is 0 Å². The van der Waals surface area contributed by atoms with Crippen LogP contribution in [0.15, 0.2) is 77.9 Å². The molecular formula is C24H21N3O2. The lowest BCUT2D eigenvalue weighted by atomic mass is 10.1. The van der Waals surface area contributed by atoms with E-state index in [2.05, 4.69) is 9.97 Å². The summed E-state index contributed by atoms with van der Waals surface area (Å²) in [7, 11) is 0. The highest BCUT2D eigenvalue weighted by atomic mass is 16.2. The van der Waals surface area contributed by atoms with Crippen LogP contribution in [0.3, 0.4) is 0 Å². The van der Waals surface area contributed by atoms with E-state index in [1.807, 2.05) is 62.4 Å². The number of amides is 1. The first kappa shape index (κ1) is 18.6. The lowest BCUT2D eigenvalue weighted by Crippen LogP contribution is -2.33. The van der Waals surface area contributed by atoms with Gasteiger partial charge >= 0.3 is 0 Å². The predicted molar refractivity (Wildman–Crippen MR) is 115 cm³/mol. The van der Waals surface area contributed by atoms with Crippen LogP contribution in [0.25, 0.3) is 10.9 Å². The number of H-pyrrole nitrogens is 1. The SMILES string of the molecule is Cc1ccccc1N(Cc1cc2cccc(C)c2[nH]c1=O)C(=O)c1ccncc1. The number of anilines is 1. The highest BCUT2D eigenvalue weighted by molar-refractivity contribution is 6.06. The monoisotopic (exact) mass is 383 g/mol. The Bertz CT molecular complexity index is 1250. The van der Waals surface area contributed by atoms with E-state index in [1.54, 1.807) is 29.4 Å². The number of aryl methyl sites for hydroxylation is 2. The van der Waals surface area contributed by atoms with Gasteiger partial charge in [-0.05, 0) is 54.6 Å². The summed E-state index contributed by atoms with van der Waals surface area (Å²) in [5, 5.41) is 0.945. The zero-order valence-corrected chi connectivity index (χ0v) is 16.3. The first-order valence-corrected chi connectivity index (χ1v) is 9.43. The molecule has 0 atom stereocenters. The van der Waals surface area contributed by atoms with Crippen LogP contribution in [-0.2, 0) is 6.54 Å². The van der Waals surface area contributed by atoms with E-state index in [9.17, 15) is 9.59 Å². The fourth-order valence-electron chi connectivity index (χ4n) is 3.50. The number of aromatic nitrogens is 2. The maximum Gasteiger partial charge on any atom is 0.258 e. The van der Waals surface area contributed by atoms with E-state index in [0.29, 0.717) is 11.1 Å². The molecule has 0 bridgehead atoms. The van der Waals surface area contributed by atoms with Gasteiger partial charge in [0.15, 0.2) is 0 Å². The van der Waals surface area contributed by atoms with Crippen LogP contribution in [0.4, 0.5) is 5.69 Å². The van der Waals surface area contributed by atoms with Crippen molar-refractivity contribution in [2.24, 2.45) is 0 Å². The molecule has 5 heteroatoms. The fraction of sp³-hybridized carbons (Fsp3) is 0.125. The van der Waals surface area contributed by atoms with Crippen molar-refractivity contribution in [1.82, 2.24) is 9.97 Å². The van der Waals surface area contributed by atoms with E-state index in [4.69, 9.17) is 0 Å². The topological polar surface area (TPSA) is 66.1 Å². The third-order valence-corrected chi connectivity index (χ3v) is 5.07. The van der Waals surface area contributed by atoms with E-state index < -0.39 is 0 Å². The van der Waals surface area contributed by atoms with Gasteiger partial charge in [0.25, 0.3) is 11.5 Å². The van der Waals surface area contributed by atoms with Gasteiger partial charge in [-0.1, -0.05) is 36.4 Å². The predicted octanol–water partition coefficient (Wildman–Crippen LogP) is 4.39. The van der Waals surface area contributed by atoms with E-state index in [-0.39, 0.29) is 18.0 Å². The minimum Gasteiger partial charge on any atom is -0.321 e. The number of benzene rings is 2. The second kappa shape index (κ2) is 7.72. The molecule has 0 radical (unpaired) electrons. The Hall–Kier alpha value is -3.73. The molecule has 144 valence electrons. The Morgan fingerprint density at radius 1 is 0.966 bits per heavy atom. The highest BCUT2D eigenvalue weighted by Crippen LogP contribution is 2.24. The summed E-state index contributed by atoms with van der Waals surface area (Å²) >= 11 is 0. The van der Waals surface area contributed by atoms with Gasteiger partial charge in [-0.25, -0.2) is 0 Å². The molecule has 0 spiro atoms. The number of pyridine rings is 2. The number of nitrogens with one attached hydrogen (secondary N) is 1. The van der Waals surface area contributed by atoms with E-state index in [0.717, 1.165) is 27.7 Å². The van der Waals surface area contributed by atoms with Gasteiger partial charge in [0, 0.05) is 29.2 Å². The number of carbonyl (C=O) groups is 1. The molecule has 2 heterocycles. The first-order valence-electron chi connectivity index (χ1n) is 9.43. The molecule has 0 aliphatic carbocycles. The van der Waals surface area contributed by atoms with Crippen molar-refractivity contribution in [3.8, 4) is 0 Å². The van der Waals surface area contributed by atoms with Crippen molar-refractivity contribution in [2.45, 2.75) is 20.4 Å². The lowest BCUT2D eigenvalue weighted by molar-refractivity contribution is 0.0985. The molecule has 1 amide bonds. The van der Waals surface area contributed by atoms with Crippen LogP contribution in [0, 0.1) is 13.8 Å². The average molecular weight is 383 g/mol. The summed E-state index contributed by atoms with van der Waals surface area (Å²) < 4.78 is 0. The summed E-state index contributed by atoms with van der Waals surface area (Å²) in [6, 6.07) is 18.8. The first-order chi connectivity index (χ1) is 14.0. The molecule has 0 unspecified atom stereocenters. The van der Waals surface area contributed by atoms with Gasteiger partial charge in [-0.15, -0.1) is 0 Å². The molecule has 4 rings (SSSR count). The molecule has 0 aliphatic heterocycles. The average Bonchev–Trinajstić information content (AvgIpc) is 2.74. The van der Waals surface area contributed by atoms with Gasteiger partial charge in [0.05, 0.1) is 12.1 Å². The Morgan fingerprint density at radius 2 is 1.69 bits per heavy atom. The largest absolute Gasteiger partial charge is 0.321 e. The number of rotatable bonds is 4. The number of fused-ring (bicyclic) bond motifs is 1. The normalized spacial score (nSPS) is 10.8. The molecule has 5 nitrogen and oxygen atoms in total. The van der Waals surface area contributed by atoms with Gasteiger partial charge < -0.3 is 9.88 Å². The minimum atomic E-state index is -0.187. The van der Waals surface area contributed by atoms with Crippen molar-refractivity contribution in [1.29, 1.82) is 0 Å². The number of hydrogen-bond donors (Lipinski definition) is 1. The number of aromatic amines is 1. The number of para-hydroxylation sites is 2. The smallest absolute Gasteiger partial charge is 0.258 e. The van der Waals surface area contributed by atoms with Crippen LogP contribution in [-0.4, -0.2) is 15.9 Å². The summed E-state index contributed by atoms with van der Waals surface area (Å²) in [6.45, 7) is 4.09. The molecule has 0 aliphatic rings. The fourth-order valence-corrected chi connectivity index (χ4v) is 3.50. The van der Waals surface area contributed by atoms with Crippen LogP contribution in [0.1, 0.15) is 27.0 Å². The van der Waals surface area contributed by atoms with Crippen LogP contribution < -0.4 is 10.5 Å². The van der Waals surface area contributed by atoms with Gasteiger partial charge in [-0.3, -0.25) is 14.6 Å². The Balaban J connectivity index is 1.81. The van der Waals surface area contributed by atoms with Crippen LogP contribution in [0.5, 0.6) is 0 Å². The lowest BCUT2D eigenvalue weighted by Gasteiger charge is -2.24. The van der Waals surface area contributed by atoms with Crippen molar-refractivity contribution in [2.75, 3.05) is 4.90 Å². The highest BCUT2D eigenvalue weighted by Gasteiger charge is 2.21. The Labute approximate surface area is 168 Å². The molecular weight excluding hydrogens is 362 g/mol. The summed E-state index contributed by atoms with van der Waals surface area (Å²) in [6.07, 6.45) is 3.18. The second-order valence-corrected chi connectivity index (χ2v) is 7.08.